The van der Waals surface area contributed by atoms with Gasteiger partial charge in [-0.15, -0.1) is 0 Å². The normalized spacial score (nSPS) is 10.9. The molecule has 0 aliphatic heterocycles. The Morgan fingerprint density at radius 2 is 1.95 bits per heavy atom. The van der Waals surface area contributed by atoms with E-state index in [9.17, 15) is 5.26 Å². The second-order valence-corrected chi connectivity index (χ2v) is 4.72. The molecule has 0 spiro atoms. The van der Waals surface area contributed by atoms with Crippen molar-refractivity contribution in [3.63, 3.8) is 0 Å². The maximum atomic E-state index is 9.39. The molecule has 0 fully saturated rings. The Morgan fingerprint density at radius 3 is 2.57 bits per heavy atom. The molecular weight excluding hydrogens is 286 g/mol. The third kappa shape index (κ3) is 3.56. The fourth-order valence-electron chi connectivity index (χ4n) is 1.94. The maximum absolute atomic E-state index is 9.39. The summed E-state index contributed by atoms with van der Waals surface area (Å²) in [6.45, 7) is 0. The first-order valence-corrected chi connectivity index (χ1v) is 6.65. The standard InChI is InChI=1S/C17H14ClNO2/c1-20-16-6-7-17(21-2)13(10-16)8-14(11-19)12-4-3-5-15(18)9-12/h3-10H,1-2H3/b14-8-. The van der Waals surface area contributed by atoms with Crippen LogP contribution < -0.4 is 9.47 Å². The van der Waals surface area contributed by atoms with Crippen LogP contribution in [0.1, 0.15) is 11.1 Å². The summed E-state index contributed by atoms with van der Waals surface area (Å²) in [6.07, 6.45) is 1.76. The number of nitriles is 1. The summed E-state index contributed by atoms with van der Waals surface area (Å²) in [4.78, 5) is 0. The van der Waals surface area contributed by atoms with Crippen LogP contribution in [0.25, 0.3) is 11.6 Å². The first-order chi connectivity index (χ1) is 10.2. The molecule has 0 atom stereocenters. The summed E-state index contributed by atoms with van der Waals surface area (Å²) < 4.78 is 10.5. The monoisotopic (exact) mass is 299 g/mol. The summed E-state index contributed by atoms with van der Waals surface area (Å²) in [6, 6.07) is 14.8. The van der Waals surface area contributed by atoms with E-state index >= 15 is 0 Å². The quantitative estimate of drug-likeness (QED) is 0.620. The minimum atomic E-state index is 0.504. The van der Waals surface area contributed by atoms with Gasteiger partial charge in [-0.3, -0.25) is 0 Å². The first-order valence-electron chi connectivity index (χ1n) is 6.27. The molecule has 2 aromatic carbocycles. The average Bonchev–Trinajstić information content (AvgIpc) is 2.52. The third-order valence-electron chi connectivity index (χ3n) is 2.99. The molecule has 106 valence electrons. The zero-order chi connectivity index (χ0) is 15.2. The molecule has 2 rings (SSSR count). The fraction of sp³-hybridized carbons (Fsp3) is 0.118. The van der Waals surface area contributed by atoms with Crippen LogP contribution in [0.4, 0.5) is 0 Å². The SMILES string of the molecule is COc1ccc(OC)c(/C=C(/C#N)c2cccc(Cl)c2)c1. The summed E-state index contributed by atoms with van der Waals surface area (Å²) >= 11 is 5.97. The van der Waals surface area contributed by atoms with Crippen molar-refractivity contribution in [1.29, 1.82) is 5.26 Å². The number of allylic oxidation sites excluding steroid dienone is 1. The Hall–Kier alpha value is -2.44. The van der Waals surface area contributed by atoms with Gasteiger partial charge in [-0.2, -0.15) is 5.26 Å². The third-order valence-corrected chi connectivity index (χ3v) is 3.23. The Bertz CT molecular complexity index is 717. The predicted molar refractivity (Wildman–Crippen MR) is 84.5 cm³/mol. The number of halogens is 1. The van der Waals surface area contributed by atoms with Crippen molar-refractivity contribution < 1.29 is 9.47 Å². The fourth-order valence-corrected chi connectivity index (χ4v) is 2.13. The second-order valence-electron chi connectivity index (χ2n) is 4.29. The molecule has 0 radical (unpaired) electrons. The van der Waals surface area contributed by atoms with E-state index in [4.69, 9.17) is 21.1 Å². The average molecular weight is 300 g/mol. The topological polar surface area (TPSA) is 42.2 Å². The second kappa shape index (κ2) is 6.83. The van der Waals surface area contributed by atoms with E-state index in [1.165, 1.54) is 0 Å². The summed E-state index contributed by atoms with van der Waals surface area (Å²) in [5.41, 5.74) is 2.03. The highest BCUT2D eigenvalue weighted by atomic mass is 35.5. The number of hydrogen-bond acceptors (Lipinski definition) is 3. The van der Waals surface area contributed by atoms with Gasteiger partial charge in [0, 0.05) is 10.6 Å². The van der Waals surface area contributed by atoms with Gasteiger partial charge in [-0.25, -0.2) is 0 Å². The number of methoxy groups -OCH3 is 2. The lowest BCUT2D eigenvalue weighted by Crippen LogP contribution is -1.90. The van der Waals surface area contributed by atoms with Crippen molar-refractivity contribution in [2.24, 2.45) is 0 Å². The van der Waals surface area contributed by atoms with Crippen LogP contribution in [0.3, 0.4) is 0 Å². The molecule has 2 aromatic rings. The van der Waals surface area contributed by atoms with Gasteiger partial charge < -0.3 is 9.47 Å². The number of hydrogen-bond donors (Lipinski definition) is 0. The maximum Gasteiger partial charge on any atom is 0.126 e. The van der Waals surface area contributed by atoms with Crippen molar-refractivity contribution in [3.8, 4) is 17.6 Å². The molecule has 0 saturated carbocycles. The van der Waals surface area contributed by atoms with Gasteiger partial charge in [0.25, 0.3) is 0 Å². The van der Waals surface area contributed by atoms with Gasteiger partial charge in [-0.05, 0) is 42.0 Å². The van der Waals surface area contributed by atoms with E-state index in [0.29, 0.717) is 22.1 Å². The molecular formula is C17H14ClNO2. The van der Waals surface area contributed by atoms with Crippen molar-refractivity contribution >= 4 is 23.3 Å². The smallest absolute Gasteiger partial charge is 0.126 e. The first kappa shape index (κ1) is 15.0. The molecule has 0 aliphatic carbocycles. The molecule has 0 amide bonds. The highest BCUT2D eigenvalue weighted by Gasteiger charge is 2.07. The van der Waals surface area contributed by atoms with Crippen LogP contribution in [0.5, 0.6) is 11.5 Å². The predicted octanol–water partition coefficient (Wildman–Crippen LogP) is 4.42. The Morgan fingerprint density at radius 1 is 1.14 bits per heavy atom. The zero-order valence-corrected chi connectivity index (χ0v) is 12.5. The van der Waals surface area contributed by atoms with Gasteiger partial charge in [0.15, 0.2) is 0 Å². The molecule has 0 saturated heterocycles. The van der Waals surface area contributed by atoms with Crippen LogP contribution in [0.2, 0.25) is 5.02 Å². The van der Waals surface area contributed by atoms with Crippen LogP contribution in [0, 0.1) is 11.3 Å². The van der Waals surface area contributed by atoms with Gasteiger partial charge in [0.05, 0.1) is 25.9 Å². The van der Waals surface area contributed by atoms with E-state index in [2.05, 4.69) is 6.07 Å². The molecule has 4 heteroatoms. The van der Waals surface area contributed by atoms with Crippen molar-refractivity contribution in [1.82, 2.24) is 0 Å². The van der Waals surface area contributed by atoms with Gasteiger partial charge in [0.1, 0.15) is 11.5 Å². The highest BCUT2D eigenvalue weighted by Crippen LogP contribution is 2.28. The van der Waals surface area contributed by atoms with Gasteiger partial charge in [-0.1, -0.05) is 23.7 Å². The molecule has 0 unspecified atom stereocenters. The van der Waals surface area contributed by atoms with E-state index in [1.54, 1.807) is 38.5 Å². The number of nitrogens with zero attached hydrogens (tertiary/aromatic N) is 1. The molecule has 21 heavy (non-hydrogen) atoms. The number of ether oxygens (including phenoxy) is 2. The molecule has 0 aliphatic rings. The lowest BCUT2D eigenvalue weighted by Gasteiger charge is -2.08. The van der Waals surface area contributed by atoms with E-state index < -0.39 is 0 Å². The van der Waals surface area contributed by atoms with E-state index in [-0.39, 0.29) is 0 Å². The number of rotatable bonds is 4. The van der Waals surface area contributed by atoms with Gasteiger partial charge >= 0.3 is 0 Å². The van der Waals surface area contributed by atoms with Crippen LogP contribution in [0.15, 0.2) is 42.5 Å². The Balaban J connectivity index is 2.52. The minimum absolute atomic E-state index is 0.504. The van der Waals surface area contributed by atoms with Crippen molar-refractivity contribution in [3.05, 3.63) is 58.6 Å². The summed E-state index contributed by atoms with van der Waals surface area (Å²) in [5, 5.41) is 9.98. The lowest BCUT2D eigenvalue weighted by molar-refractivity contribution is 0.402. The largest absolute Gasteiger partial charge is 0.497 e. The van der Waals surface area contributed by atoms with Crippen molar-refractivity contribution in [2.75, 3.05) is 14.2 Å². The molecule has 0 aromatic heterocycles. The molecule has 0 bridgehead atoms. The molecule has 0 heterocycles. The highest BCUT2D eigenvalue weighted by molar-refractivity contribution is 6.30. The van der Waals surface area contributed by atoms with E-state index in [0.717, 1.165) is 11.1 Å². The summed E-state index contributed by atoms with van der Waals surface area (Å²) in [5.74, 6) is 1.37. The molecule has 0 N–H and O–H groups in total. The van der Waals surface area contributed by atoms with Crippen LogP contribution in [-0.2, 0) is 0 Å². The zero-order valence-electron chi connectivity index (χ0n) is 11.8. The van der Waals surface area contributed by atoms with Gasteiger partial charge in [0.2, 0.25) is 0 Å². The number of benzene rings is 2. The van der Waals surface area contributed by atoms with Crippen LogP contribution in [-0.4, -0.2) is 14.2 Å². The minimum Gasteiger partial charge on any atom is -0.497 e. The Labute approximate surface area is 129 Å². The van der Waals surface area contributed by atoms with E-state index in [1.807, 2.05) is 24.3 Å². The van der Waals surface area contributed by atoms with Crippen LogP contribution >= 0.6 is 11.6 Å². The van der Waals surface area contributed by atoms with Crippen molar-refractivity contribution in [2.45, 2.75) is 0 Å². The molecule has 3 nitrogen and oxygen atoms in total. The summed E-state index contributed by atoms with van der Waals surface area (Å²) in [7, 11) is 3.18. The lowest BCUT2D eigenvalue weighted by atomic mass is 10.0. The Kier molecular flexibility index (Phi) is 4.86.